The van der Waals surface area contributed by atoms with Crippen molar-refractivity contribution in [2.24, 2.45) is 0 Å². The fourth-order valence-corrected chi connectivity index (χ4v) is 4.28. The number of sulfonamides is 1. The SMILES string of the molecule is O=S(=O)(N[C@H](CN1CCNCC1)c1ccc(Cl)cc1)c1ccccc1. The van der Waals surface area contributed by atoms with Crippen LogP contribution < -0.4 is 10.0 Å². The largest absolute Gasteiger partial charge is 0.314 e. The molecule has 1 atom stereocenters. The summed E-state index contributed by atoms with van der Waals surface area (Å²) in [6.07, 6.45) is 0. The lowest BCUT2D eigenvalue weighted by molar-refractivity contribution is 0.223. The van der Waals surface area contributed by atoms with Crippen LogP contribution in [-0.4, -0.2) is 46.0 Å². The lowest BCUT2D eigenvalue weighted by Gasteiger charge is -2.31. The number of halogens is 1. The van der Waals surface area contributed by atoms with Gasteiger partial charge in [-0.3, -0.25) is 4.90 Å². The van der Waals surface area contributed by atoms with Crippen molar-refractivity contribution in [2.75, 3.05) is 32.7 Å². The van der Waals surface area contributed by atoms with Gasteiger partial charge in [0, 0.05) is 37.7 Å². The average molecular weight is 380 g/mol. The minimum Gasteiger partial charge on any atom is -0.314 e. The van der Waals surface area contributed by atoms with E-state index in [-0.39, 0.29) is 10.9 Å². The molecule has 2 N–H and O–H groups in total. The Morgan fingerprint density at radius 1 is 1.04 bits per heavy atom. The van der Waals surface area contributed by atoms with E-state index in [1.54, 1.807) is 42.5 Å². The summed E-state index contributed by atoms with van der Waals surface area (Å²) in [5.74, 6) is 0. The van der Waals surface area contributed by atoms with Gasteiger partial charge < -0.3 is 5.32 Å². The van der Waals surface area contributed by atoms with Crippen LogP contribution in [-0.2, 0) is 10.0 Å². The molecule has 134 valence electrons. The zero-order valence-corrected chi connectivity index (χ0v) is 15.4. The van der Waals surface area contributed by atoms with Crippen molar-refractivity contribution in [2.45, 2.75) is 10.9 Å². The normalized spacial score (nSPS) is 17.3. The van der Waals surface area contributed by atoms with Gasteiger partial charge in [0.2, 0.25) is 10.0 Å². The fourth-order valence-electron chi connectivity index (χ4n) is 2.91. The molecule has 7 heteroatoms. The first-order valence-electron chi connectivity index (χ1n) is 8.30. The fraction of sp³-hybridized carbons (Fsp3) is 0.333. The molecule has 0 saturated carbocycles. The Morgan fingerprint density at radius 3 is 2.32 bits per heavy atom. The lowest BCUT2D eigenvalue weighted by atomic mass is 10.1. The predicted octanol–water partition coefficient (Wildman–Crippen LogP) is 2.26. The van der Waals surface area contributed by atoms with Gasteiger partial charge in [0.25, 0.3) is 0 Å². The molecule has 0 unspecified atom stereocenters. The first-order valence-corrected chi connectivity index (χ1v) is 10.2. The van der Waals surface area contributed by atoms with E-state index in [1.165, 1.54) is 0 Å². The molecule has 1 aliphatic heterocycles. The zero-order chi connectivity index (χ0) is 17.7. The van der Waals surface area contributed by atoms with E-state index in [0.717, 1.165) is 31.7 Å². The summed E-state index contributed by atoms with van der Waals surface area (Å²) in [5, 5.41) is 3.95. The minimum absolute atomic E-state index is 0.272. The van der Waals surface area contributed by atoms with Gasteiger partial charge in [0.15, 0.2) is 0 Å². The van der Waals surface area contributed by atoms with Crippen molar-refractivity contribution >= 4 is 21.6 Å². The van der Waals surface area contributed by atoms with Gasteiger partial charge in [-0.25, -0.2) is 13.1 Å². The maximum absolute atomic E-state index is 12.8. The number of benzene rings is 2. The summed E-state index contributed by atoms with van der Waals surface area (Å²) in [7, 11) is -3.59. The molecule has 25 heavy (non-hydrogen) atoms. The Bertz CT molecular complexity index is 776. The summed E-state index contributed by atoms with van der Waals surface area (Å²) in [6, 6.07) is 15.5. The number of nitrogens with zero attached hydrogens (tertiary/aromatic N) is 1. The monoisotopic (exact) mass is 379 g/mol. The highest BCUT2D eigenvalue weighted by molar-refractivity contribution is 7.89. The number of hydrogen-bond donors (Lipinski definition) is 2. The Morgan fingerprint density at radius 2 is 1.68 bits per heavy atom. The van der Waals surface area contributed by atoms with Crippen molar-refractivity contribution in [3.63, 3.8) is 0 Å². The Kier molecular flexibility index (Phi) is 6.09. The van der Waals surface area contributed by atoms with Crippen LogP contribution in [0.1, 0.15) is 11.6 Å². The molecule has 2 aromatic rings. The van der Waals surface area contributed by atoms with Crippen molar-refractivity contribution in [1.82, 2.24) is 14.9 Å². The number of nitrogens with one attached hydrogen (secondary N) is 2. The van der Waals surface area contributed by atoms with E-state index < -0.39 is 10.0 Å². The van der Waals surface area contributed by atoms with Gasteiger partial charge in [-0.15, -0.1) is 0 Å². The third-order valence-electron chi connectivity index (χ3n) is 4.27. The molecule has 3 rings (SSSR count). The Balaban J connectivity index is 1.83. The second-order valence-electron chi connectivity index (χ2n) is 6.09. The third kappa shape index (κ3) is 5.03. The molecule has 0 bridgehead atoms. The zero-order valence-electron chi connectivity index (χ0n) is 13.9. The Hall–Kier alpha value is -1.44. The molecule has 0 spiro atoms. The quantitative estimate of drug-likeness (QED) is 0.808. The van der Waals surface area contributed by atoms with Crippen LogP contribution in [0.2, 0.25) is 5.02 Å². The molecule has 5 nitrogen and oxygen atoms in total. The molecule has 1 aliphatic rings. The van der Waals surface area contributed by atoms with E-state index >= 15 is 0 Å². The smallest absolute Gasteiger partial charge is 0.241 e. The Labute approximate surface area is 154 Å². The first-order chi connectivity index (χ1) is 12.0. The van der Waals surface area contributed by atoms with E-state index in [1.807, 2.05) is 12.1 Å². The van der Waals surface area contributed by atoms with Crippen LogP contribution in [0, 0.1) is 0 Å². The summed E-state index contributed by atoms with van der Waals surface area (Å²) in [4.78, 5) is 2.54. The summed E-state index contributed by atoms with van der Waals surface area (Å²) < 4.78 is 28.4. The number of piperazine rings is 1. The lowest BCUT2D eigenvalue weighted by Crippen LogP contribution is -2.47. The van der Waals surface area contributed by atoms with Crippen LogP contribution in [0.4, 0.5) is 0 Å². The van der Waals surface area contributed by atoms with Gasteiger partial charge in [0.05, 0.1) is 10.9 Å². The summed E-state index contributed by atoms with van der Waals surface area (Å²) in [5.41, 5.74) is 0.905. The first kappa shape index (κ1) is 18.4. The second-order valence-corrected chi connectivity index (χ2v) is 8.24. The highest BCUT2D eigenvalue weighted by atomic mass is 35.5. The van der Waals surface area contributed by atoms with E-state index in [2.05, 4.69) is 14.9 Å². The van der Waals surface area contributed by atoms with E-state index in [0.29, 0.717) is 11.6 Å². The highest BCUT2D eigenvalue weighted by Gasteiger charge is 2.24. The number of rotatable bonds is 6. The van der Waals surface area contributed by atoms with Gasteiger partial charge in [-0.1, -0.05) is 41.9 Å². The van der Waals surface area contributed by atoms with Crippen molar-refractivity contribution in [1.29, 1.82) is 0 Å². The highest BCUT2D eigenvalue weighted by Crippen LogP contribution is 2.21. The van der Waals surface area contributed by atoms with Crippen LogP contribution in [0.15, 0.2) is 59.5 Å². The van der Waals surface area contributed by atoms with E-state index in [4.69, 9.17) is 11.6 Å². The second kappa shape index (κ2) is 8.29. The molecule has 0 amide bonds. The topological polar surface area (TPSA) is 61.4 Å². The van der Waals surface area contributed by atoms with Crippen LogP contribution in [0.5, 0.6) is 0 Å². The molecule has 1 heterocycles. The molecule has 0 aliphatic carbocycles. The summed E-state index contributed by atoms with van der Waals surface area (Å²) in [6.45, 7) is 4.25. The van der Waals surface area contributed by atoms with Crippen LogP contribution in [0.25, 0.3) is 0 Å². The van der Waals surface area contributed by atoms with Gasteiger partial charge in [-0.2, -0.15) is 0 Å². The van der Waals surface area contributed by atoms with Crippen LogP contribution >= 0.6 is 11.6 Å². The maximum Gasteiger partial charge on any atom is 0.241 e. The standard InChI is InChI=1S/C18H22ClN3O2S/c19-16-8-6-15(7-9-16)18(14-22-12-10-20-11-13-22)21-25(23,24)17-4-2-1-3-5-17/h1-9,18,20-21H,10-14H2/t18-/m1/s1. The van der Waals surface area contributed by atoms with Gasteiger partial charge >= 0.3 is 0 Å². The van der Waals surface area contributed by atoms with Crippen LogP contribution in [0.3, 0.4) is 0 Å². The van der Waals surface area contributed by atoms with Crippen molar-refractivity contribution < 1.29 is 8.42 Å². The van der Waals surface area contributed by atoms with Crippen molar-refractivity contribution in [3.05, 3.63) is 65.2 Å². The molecule has 0 aromatic heterocycles. The van der Waals surface area contributed by atoms with Gasteiger partial charge in [0.1, 0.15) is 0 Å². The molecule has 0 radical (unpaired) electrons. The minimum atomic E-state index is -3.59. The third-order valence-corrected chi connectivity index (χ3v) is 6.01. The number of hydrogen-bond acceptors (Lipinski definition) is 4. The molecular formula is C18H22ClN3O2S. The average Bonchev–Trinajstić information content (AvgIpc) is 2.63. The summed E-state index contributed by atoms with van der Waals surface area (Å²) >= 11 is 5.98. The predicted molar refractivity (Wildman–Crippen MR) is 100 cm³/mol. The van der Waals surface area contributed by atoms with Crippen molar-refractivity contribution in [3.8, 4) is 0 Å². The maximum atomic E-state index is 12.8. The molecule has 2 aromatic carbocycles. The van der Waals surface area contributed by atoms with Gasteiger partial charge in [-0.05, 0) is 29.8 Å². The van der Waals surface area contributed by atoms with E-state index in [9.17, 15) is 8.42 Å². The molecular weight excluding hydrogens is 358 g/mol. The molecule has 1 saturated heterocycles. The molecule has 1 fully saturated rings.